The van der Waals surface area contributed by atoms with Crippen molar-refractivity contribution in [1.82, 2.24) is 9.80 Å². The summed E-state index contributed by atoms with van der Waals surface area (Å²) < 4.78 is 0. The summed E-state index contributed by atoms with van der Waals surface area (Å²) in [5.41, 5.74) is 14.3. The fourth-order valence-electron chi connectivity index (χ4n) is 4.23. The maximum atomic E-state index is 5.75. The molecule has 178 valence electrons. The first kappa shape index (κ1) is 26.5. The van der Waals surface area contributed by atoms with E-state index in [1.165, 1.54) is 62.7 Å². The third kappa shape index (κ3) is 12.4. The van der Waals surface area contributed by atoms with Gasteiger partial charge >= 0.3 is 0 Å². The minimum absolute atomic E-state index is 0.776. The SMILES string of the molecule is NCCCN(CCCCCCCCN(CCCN)Cc1ccccc1)Cc1ccccc1. The Morgan fingerprint density at radius 2 is 0.781 bits per heavy atom. The number of nitrogens with zero attached hydrogens (tertiary/aromatic N) is 2. The first-order valence-corrected chi connectivity index (χ1v) is 12.7. The van der Waals surface area contributed by atoms with Crippen molar-refractivity contribution in [3.05, 3.63) is 71.8 Å². The van der Waals surface area contributed by atoms with Crippen LogP contribution in [-0.4, -0.2) is 49.1 Å². The molecule has 4 N–H and O–H groups in total. The molecule has 2 rings (SSSR count). The summed E-state index contributed by atoms with van der Waals surface area (Å²) in [7, 11) is 0. The fraction of sp³-hybridized carbons (Fsp3) is 0.571. The third-order valence-electron chi connectivity index (χ3n) is 6.05. The topological polar surface area (TPSA) is 58.5 Å². The van der Waals surface area contributed by atoms with Crippen LogP contribution in [0.4, 0.5) is 0 Å². The molecular formula is C28H46N4. The number of nitrogens with two attached hydrogens (primary N) is 2. The zero-order valence-electron chi connectivity index (χ0n) is 20.1. The van der Waals surface area contributed by atoms with E-state index in [0.29, 0.717) is 0 Å². The van der Waals surface area contributed by atoms with Gasteiger partial charge in [0, 0.05) is 13.1 Å². The smallest absolute Gasteiger partial charge is 0.0233 e. The molecule has 0 radical (unpaired) electrons. The zero-order chi connectivity index (χ0) is 22.7. The van der Waals surface area contributed by atoms with Crippen molar-refractivity contribution in [2.45, 2.75) is 64.5 Å². The molecular weight excluding hydrogens is 392 g/mol. The number of benzene rings is 2. The predicted molar refractivity (Wildman–Crippen MR) is 138 cm³/mol. The number of unbranched alkanes of at least 4 members (excludes halogenated alkanes) is 5. The Labute approximate surface area is 197 Å². The van der Waals surface area contributed by atoms with Crippen LogP contribution in [0.2, 0.25) is 0 Å². The lowest BCUT2D eigenvalue weighted by Crippen LogP contribution is -2.27. The van der Waals surface area contributed by atoms with E-state index in [1.807, 2.05) is 0 Å². The molecule has 0 heterocycles. The van der Waals surface area contributed by atoms with Crippen LogP contribution in [0.1, 0.15) is 62.5 Å². The van der Waals surface area contributed by atoms with E-state index < -0.39 is 0 Å². The number of rotatable bonds is 19. The van der Waals surface area contributed by atoms with Crippen molar-refractivity contribution >= 4 is 0 Å². The summed E-state index contributed by atoms with van der Waals surface area (Å²) in [6.07, 6.45) is 10.1. The van der Waals surface area contributed by atoms with Crippen LogP contribution in [0.5, 0.6) is 0 Å². The summed E-state index contributed by atoms with van der Waals surface area (Å²) in [4.78, 5) is 5.14. The van der Waals surface area contributed by atoms with E-state index in [9.17, 15) is 0 Å². The maximum absolute atomic E-state index is 5.75. The minimum atomic E-state index is 0.776. The van der Waals surface area contributed by atoms with Crippen LogP contribution < -0.4 is 11.5 Å². The van der Waals surface area contributed by atoms with Crippen LogP contribution in [-0.2, 0) is 13.1 Å². The van der Waals surface area contributed by atoms with Gasteiger partial charge in [-0.3, -0.25) is 9.80 Å². The van der Waals surface area contributed by atoms with Crippen molar-refractivity contribution in [1.29, 1.82) is 0 Å². The Morgan fingerprint density at radius 1 is 0.438 bits per heavy atom. The quantitative estimate of drug-likeness (QED) is 0.302. The highest BCUT2D eigenvalue weighted by Gasteiger charge is 2.07. The monoisotopic (exact) mass is 438 g/mol. The molecule has 4 heteroatoms. The molecule has 0 aliphatic rings. The van der Waals surface area contributed by atoms with Crippen molar-refractivity contribution in [3.8, 4) is 0 Å². The van der Waals surface area contributed by atoms with Gasteiger partial charge in [0.25, 0.3) is 0 Å². The lowest BCUT2D eigenvalue weighted by molar-refractivity contribution is 0.253. The Morgan fingerprint density at radius 3 is 1.16 bits per heavy atom. The minimum Gasteiger partial charge on any atom is -0.330 e. The summed E-state index contributed by atoms with van der Waals surface area (Å²) in [6, 6.07) is 21.6. The number of hydrogen-bond acceptors (Lipinski definition) is 4. The van der Waals surface area contributed by atoms with Crippen LogP contribution >= 0.6 is 0 Å². The van der Waals surface area contributed by atoms with Gasteiger partial charge < -0.3 is 11.5 Å². The van der Waals surface area contributed by atoms with Crippen molar-refractivity contribution in [3.63, 3.8) is 0 Å². The van der Waals surface area contributed by atoms with E-state index in [0.717, 1.165) is 52.1 Å². The molecule has 0 saturated heterocycles. The molecule has 0 aliphatic carbocycles. The highest BCUT2D eigenvalue weighted by Crippen LogP contribution is 2.11. The molecule has 0 bridgehead atoms. The second-order valence-electron chi connectivity index (χ2n) is 8.93. The normalized spacial score (nSPS) is 11.5. The Hall–Kier alpha value is -1.72. The first-order valence-electron chi connectivity index (χ1n) is 12.7. The standard InChI is InChI=1S/C28H46N4/c29-19-13-23-31(25-27-15-7-5-8-16-27)21-11-3-1-2-4-12-22-32(24-14-20-30)26-28-17-9-6-10-18-28/h5-10,15-18H,1-4,11-14,19-26,29-30H2. The molecule has 0 saturated carbocycles. The highest BCUT2D eigenvalue weighted by molar-refractivity contribution is 5.15. The van der Waals surface area contributed by atoms with Gasteiger partial charge in [-0.2, -0.15) is 0 Å². The predicted octanol–water partition coefficient (Wildman–Crippen LogP) is 5.03. The molecule has 2 aromatic carbocycles. The zero-order valence-corrected chi connectivity index (χ0v) is 20.1. The first-order chi connectivity index (χ1) is 15.8. The summed E-state index contributed by atoms with van der Waals surface area (Å²) >= 11 is 0. The largest absolute Gasteiger partial charge is 0.330 e. The molecule has 32 heavy (non-hydrogen) atoms. The van der Waals surface area contributed by atoms with E-state index in [2.05, 4.69) is 70.5 Å². The van der Waals surface area contributed by atoms with Gasteiger partial charge in [0.05, 0.1) is 0 Å². The van der Waals surface area contributed by atoms with E-state index in [1.54, 1.807) is 0 Å². The molecule has 0 atom stereocenters. The van der Waals surface area contributed by atoms with Crippen LogP contribution in [0.15, 0.2) is 60.7 Å². The lowest BCUT2D eigenvalue weighted by atomic mass is 10.1. The van der Waals surface area contributed by atoms with Crippen LogP contribution in [0.25, 0.3) is 0 Å². The Balaban J connectivity index is 1.58. The molecule has 0 aromatic heterocycles. The molecule has 0 unspecified atom stereocenters. The number of hydrogen-bond donors (Lipinski definition) is 2. The summed E-state index contributed by atoms with van der Waals surface area (Å²) in [5.74, 6) is 0. The maximum Gasteiger partial charge on any atom is 0.0233 e. The van der Waals surface area contributed by atoms with Gasteiger partial charge in [0.2, 0.25) is 0 Å². The molecule has 0 fully saturated rings. The van der Waals surface area contributed by atoms with Gasteiger partial charge in [-0.05, 0) is 76.1 Å². The third-order valence-corrected chi connectivity index (χ3v) is 6.05. The molecule has 0 amide bonds. The van der Waals surface area contributed by atoms with Crippen LogP contribution in [0.3, 0.4) is 0 Å². The summed E-state index contributed by atoms with van der Waals surface area (Å²) in [6.45, 7) is 8.20. The van der Waals surface area contributed by atoms with E-state index in [4.69, 9.17) is 11.5 Å². The van der Waals surface area contributed by atoms with Gasteiger partial charge in [-0.25, -0.2) is 0 Å². The fourth-order valence-corrected chi connectivity index (χ4v) is 4.23. The average molecular weight is 439 g/mol. The second-order valence-corrected chi connectivity index (χ2v) is 8.93. The second kappa shape index (κ2) is 17.8. The van der Waals surface area contributed by atoms with Gasteiger partial charge in [0.1, 0.15) is 0 Å². The average Bonchev–Trinajstić information content (AvgIpc) is 2.83. The van der Waals surface area contributed by atoms with Crippen LogP contribution in [0, 0.1) is 0 Å². The summed E-state index contributed by atoms with van der Waals surface area (Å²) in [5, 5.41) is 0. The molecule has 2 aromatic rings. The van der Waals surface area contributed by atoms with Gasteiger partial charge in [-0.15, -0.1) is 0 Å². The van der Waals surface area contributed by atoms with Gasteiger partial charge in [0.15, 0.2) is 0 Å². The highest BCUT2D eigenvalue weighted by atomic mass is 15.1. The Bertz CT molecular complexity index is 602. The molecule has 0 aliphatic heterocycles. The van der Waals surface area contributed by atoms with Crippen molar-refractivity contribution in [2.75, 3.05) is 39.3 Å². The van der Waals surface area contributed by atoms with E-state index in [-0.39, 0.29) is 0 Å². The van der Waals surface area contributed by atoms with E-state index >= 15 is 0 Å². The molecule has 0 spiro atoms. The lowest BCUT2D eigenvalue weighted by Gasteiger charge is -2.22. The van der Waals surface area contributed by atoms with Gasteiger partial charge in [-0.1, -0.05) is 86.3 Å². The Kier molecular flexibility index (Phi) is 14.8. The molecule has 4 nitrogen and oxygen atoms in total. The van der Waals surface area contributed by atoms with Crippen molar-refractivity contribution < 1.29 is 0 Å². The van der Waals surface area contributed by atoms with Crippen molar-refractivity contribution in [2.24, 2.45) is 11.5 Å².